The lowest BCUT2D eigenvalue weighted by Gasteiger charge is -1.89. The van der Waals surface area contributed by atoms with Gasteiger partial charge in [-0.25, -0.2) is 0 Å². The fourth-order valence-corrected chi connectivity index (χ4v) is 0.0833. The molecule has 0 aromatic carbocycles. The molecule has 6 heavy (non-hydrogen) atoms. The molecule has 0 aliphatic carbocycles. The zero-order chi connectivity index (χ0) is 4.99. The molecule has 4 N–H and O–H groups in total. The highest BCUT2D eigenvalue weighted by atomic mass is 32.2. The Labute approximate surface area is 45.1 Å². The van der Waals surface area contributed by atoms with Gasteiger partial charge in [-0.05, 0) is 12.2 Å². The third-order valence-electron chi connectivity index (χ3n) is 0.192. The van der Waals surface area contributed by atoms with Gasteiger partial charge in [0, 0.05) is 11.9 Å². The Bertz CT molecular complexity index is 49.5. The van der Waals surface area contributed by atoms with Crippen LogP contribution in [0, 0.1) is 0 Å². The van der Waals surface area contributed by atoms with E-state index in [1.54, 1.807) is 0 Å². The molecule has 0 rings (SSSR count). The maximum absolute atomic E-state index is 4.85. The van der Waals surface area contributed by atoms with E-state index in [0.717, 1.165) is 11.9 Å². The molecule has 0 heterocycles. The van der Waals surface area contributed by atoms with Crippen molar-refractivity contribution >= 4 is 28.5 Å². The minimum absolute atomic E-state index is 0.148. The van der Waals surface area contributed by atoms with Crippen molar-refractivity contribution in [3.63, 3.8) is 0 Å². The molecule has 0 aromatic heterocycles. The van der Waals surface area contributed by atoms with Gasteiger partial charge in [-0.1, -0.05) is 0 Å². The molecule has 0 aliphatic rings. The summed E-state index contributed by atoms with van der Waals surface area (Å²) in [5.74, 6) is 4.54. The lowest BCUT2D eigenvalue weighted by atomic mass is 11.7. The normalized spacial score (nSPS) is 7.67. The fourth-order valence-electron chi connectivity index (χ4n) is 0.0278. The third kappa shape index (κ3) is 2.40. The molecule has 0 spiro atoms. The molecule has 0 aromatic rings. The van der Waals surface area contributed by atoms with Crippen LogP contribution in [0.25, 0.3) is 0 Å². The summed E-state index contributed by atoms with van der Waals surface area (Å²) in [7, 11) is 0. The van der Waals surface area contributed by atoms with E-state index in [-0.39, 0.29) is 4.38 Å². The number of nitrogens with two attached hydrogens (primary N) is 2. The van der Waals surface area contributed by atoms with Crippen molar-refractivity contribution in [1.29, 1.82) is 0 Å². The van der Waals surface area contributed by atoms with Gasteiger partial charge in [0.25, 0.3) is 4.38 Å². The summed E-state index contributed by atoms with van der Waals surface area (Å²) in [6.45, 7) is 0. The van der Waals surface area contributed by atoms with Crippen molar-refractivity contribution in [1.82, 2.24) is 0 Å². The topological polar surface area (TPSA) is 61.3 Å². The molecular weight excluding hydrogens is 120 g/mol. The van der Waals surface area contributed by atoms with Crippen LogP contribution in [0.3, 0.4) is 0 Å². The molecule has 0 saturated carbocycles. The standard InChI is InChI=1S/CH4N2OS2/c2-4-1(5)6-3/h2-3H2. The summed E-state index contributed by atoms with van der Waals surface area (Å²) in [6.07, 6.45) is 0. The van der Waals surface area contributed by atoms with Gasteiger partial charge in [0.15, 0.2) is 0 Å². The van der Waals surface area contributed by atoms with Crippen molar-refractivity contribution in [2.45, 2.75) is 0 Å². The number of rotatable bonds is 0. The zero-order valence-corrected chi connectivity index (χ0v) is 4.51. The van der Waals surface area contributed by atoms with E-state index in [0.29, 0.717) is 0 Å². The van der Waals surface area contributed by atoms with Crippen LogP contribution >= 0.6 is 24.2 Å². The van der Waals surface area contributed by atoms with Crippen molar-refractivity contribution in [2.24, 2.45) is 11.0 Å². The summed E-state index contributed by atoms with van der Waals surface area (Å²) in [5, 5.41) is 4.85. The molecule has 0 unspecified atom stereocenters. The van der Waals surface area contributed by atoms with E-state index < -0.39 is 0 Å². The maximum atomic E-state index is 4.85. The molecule has 0 aliphatic heterocycles. The Morgan fingerprint density at radius 3 is 2.33 bits per heavy atom. The molecule has 0 atom stereocenters. The second-order valence-corrected chi connectivity index (χ2v) is 1.72. The Morgan fingerprint density at radius 2 is 2.33 bits per heavy atom. The summed E-state index contributed by atoms with van der Waals surface area (Å²) in [5.41, 5.74) is 0. The average Bonchev–Trinajstić information content (AvgIpc) is 1.65. The SMILES string of the molecule is NOC(=S)SN. The van der Waals surface area contributed by atoms with Gasteiger partial charge in [-0.15, -0.1) is 0 Å². The van der Waals surface area contributed by atoms with Gasteiger partial charge in [-0.2, -0.15) is 5.90 Å². The van der Waals surface area contributed by atoms with Crippen LogP contribution in [0.1, 0.15) is 0 Å². The monoisotopic (exact) mass is 124 g/mol. The van der Waals surface area contributed by atoms with Crippen molar-refractivity contribution < 1.29 is 4.84 Å². The summed E-state index contributed by atoms with van der Waals surface area (Å²) >= 11 is 5.16. The number of hydrogen-bond acceptors (Lipinski definition) is 5. The van der Waals surface area contributed by atoms with Gasteiger partial charge in [0.2, 0.25) is 0 Å². The predicted molar refractivity (Wildman–Crippen MR) is 29.6 cm³/mol. The van der Waals surface area contributed by atoms with Crippen LogP contribution in [0.15, 0.2) is 0 Å². The molecule has 0 fully saturated rings. The van der Waals surface area contributed by atoms with Gasteiger partial charge >= 0.3 is 0 Å². The van der Waals surface area contributed by atoms with E-state index in [4.69, 9.17) is 5.14 Å². The highest BCUT2D eigenvalue weighted by Crippen LogP contribution is 1.88. The Hall–Kier alpha value is 0.160. The van der Waals surface area contributed by atoms with Gasteiger partial charge in [0.1, 0.15) is 0 Å². The van der Waals surface area contributed by atoms with Crippen LogP contribution in [0.2, 0.25) is 0 Å². The fraction of sp³-hybridized carbons (Fsp3) is 0. The highest BCUT2D eigenvalue weighted by Gasteiger charge is 1.84. The summed E-state index contributed by atoms with van der Waals surface area (Å²) in [6, 6.07) is 0. The molecule has 0 saturated heterocycles. The van der Waals surface area contributed by atoms with Crippen LogP contribution in [-0.2, 0) is 4.84 Å². The molecule has 5 heteroatoms. The molecule has 0 bridgehead atoms. The second-order valence-electron chi connectivity index (χ2n) is 0.486. The van der Waals surface area contributed by atoms with Crippen LogP contribution in [-0.4, -0.2) is 4.38 Å². The van der Waals surface area contributed by atoms with Gasteiger partial charge in [-0.3, -0.25) is 5.14 Å². The first-order valence-electron chi connectivity index (χ1n) is 1.08. The molecule has 36 valence electrons. The van der Waals surface area contributed by atoms with Crippen LogP contribution in [0.4, 0.5) is 0 Å². The Balaban J connectivity index is 2.99. The minimum atomic E-state index is 0.148. The molecule has 0 amide bonds. The van der Waals surface area contributed by atoms with Crippen LogP contribution in [0.5, 0.6) is 0 Å². The first-order valence-corrected chi connectivity index (χ1v) is 2.37. The zero-order valence-electron chi connectivity index (χ0n) is 2.88. The largest absolute Gasteiger partial charge is 0.391 e. The highest BCUT2D eigenvalue weighted by molar-refractivity contribution is 8.21. The Morgan fingerprint density at radius 1 is 1.83 bits per heavy atom. The van der Waals surface area contributed by atoms with E-state index in [9.17, 15) is 0 Å². The van der Waals surface area contributed by atoms with Crippen molar-refractivity contribution in [2.75, 3.05) is 0 Å². The quantitative estimate of drug-likeness (QED) is 0.265. The van der Waals surface area contributed by atoms with E-state index in [1.165, 1.54) is 0 Å². The second kappa shape index (κ2) is 3.35. The van der Waals surface area contributed by atoms with Gasteiger partial charge < -0.3 is 4.84 Å². The van der Waals surface area contributed by atoms with E-state index in [2.05, 4.69) is 23.0 Å². The molecular formula is CH4N2OS2. The summed E-state index contributed by atoms with van der Waals surface area (Å²) < 4.78 is 0.148. The smallest absolute Gasteiger partial charge is 0.259 e. The van der Waals surface area contributed by atoms with E-state index >= 15 is 0 Å². The van der Waals surface area contributed by atoms with Crippen LogP contribution < -0.4 is 11.0 Å². The third-order valence-corrected chi connectivity index (χ3v) is 0.866. The average molecular weight is 124 g/mol. The number of hydrogen-bond donors (Lipinski definition) is 2. The molecule has 0 radical (unpaired) electrons. The first kappa shape index (κ1) is 6.16. The lowest BCUT2D eigenvalue weighted by molar-refractivity contribution is 0.340. The predicted octanol–water partition coefficient (Wildman–Crippen LogP) is -0.231. The number of thiocarbonyl (C=S) groups is 1. The lowest BCUT2D eigenvalue weighted by Crippen LogP contribution is -2.04. The van der Waals surface area contributed by atoms with Crippen molar-refractivity contribution in [3.05, 3.63) is 0 Å². The maximum Gasteiger partial charge on any atom is 0.259 e. The van der Waals surface area contributed by atoms with E-state index in [1.807, 2.05) is 0 Å². The minimum Gasteiger partial charge on any atom is -0.391 e. The first-order chi connectivity index (χ1) is 2.81. The van der Waals surface area contributed by atoms with Gasteiger partial charge in [0.05, 0.1) is 0 Å². The molecule has 3 nitrogen and oxygen atoms in total. The van der Waals surface area contributed by atoms with Crippen molar-refractivity contribution in [3.8, 4) is 0 Å². The Kier molecular flexibility index (Phi) is 3.44. The summed E-state index contributed by atoms with van der Waals surface area (Å²) in [4.78, 5) is 3.97.